The van der Waals surface area contributed by atoms with Crippen molar-refractivity contribution in [2.24, 2.45) is 5.92 Å². The first kappa shape index (κ1) is 17.5. The number of H-pyrrole nitrogens is 1. The minimum atomic E-state index is -0.478. The fourth-order valence-electron chi connectivity index (χ4n) is 1.91. The summed E-state index contributed by atoms with van der Waals surface area (Å²) in [5, 5.41) is 13.2. The zero-order valence-corrected chi connectivity index (χ0v) is 13.9. The van der Waals surface area contributed by atoms with E-state index in [1.807, 2.05) is 26.8 Å². The molecule has 6 nitrogen and oxygen atoms in total. The van der Waals surface area contributed by atoms with Crippen molar-refractivity contribution in [1.82, 2.24) is 20.8 Å². The van der Waals surface area contributed by atoms with E-state index in [1.54, 1.807) is 6.20 Å². The van der Waals surface area contributed by atoms with E-state index in [4.69, 9.17) is 4.74 Å². The molecule has 3 N–H and O–H groups in total. The third kappa shape index (κ3) is 6.62. The van der Waals surface area contributed by atoms with Crippen molar-refractivity contribution in [3.63, 3.8) is 0 Å². The smallest absolute Gasteiger partial charge is 0.407 e. The highest BCUT2D eigenvalue weighted by atomic mass is 16.6. The van der Waals surface area contributed by atoms with Crippen molar-refractivity contribution in [3.05, 3.63) is 18.0 Å². The molecule has 0 bridgehead atoms. The summed E-state index contributed by atoms with van der Waals surface area (Å²) in [5.74, 6) is 0.380. The zero-order valence-electron chi connectivity index (χ0n) is 13.9. The Morgan fingerprint density at radius 3 is 2.52 bits per heavy atom. The molecule has 2 atom stereocenters. The first-order valence-electron chi connectivity index (χ1n) is 7.41. The molecule has 1 amide bonds. The minimum absolute atomic E-state index is 0.139. The molecule has 2 unspecified atom stereocenters. The lowest BCUT2D eigenvalue weighted by Crippen LogP contribution is -2.46. The molecule has 1 heterocycles. The van der Waals surface area contributed by atoms with E-state index < -0.39 is 5.60 Å². The predicted molar refractivity (Wildman–Crippen MR) is 83.0 cm³/mol. The number of hydrogen-bond donors (Lipinski definition) is 3. The number of aromatic nitrogens is 2. The number of nitrogens with zero attached hydrogens (tertiary/aromatic N) is 1. The highest BCUT2D eigenvalue weighted by molar-refractivity contribution is 5.67. The third-order valence-electron chi connectivity index (χ3n) is 3.12. The maximum Gasteiger partial charge on any atom is 0.407 e. The van der Waals surface area contributed by atoms with Gasteiger partial charge in [0.05, 0.1) is 5.69 Å². The van der Waals surface area contributed by atoms with E-state index in [9.17, 15) is 4.79 Å². The van der Waals surface area contributed by atoms with E-state index in [-0.39, 0.29) is 18.2 Å². The Balaban J connectivity index is 2.49. The average Bonchev–Trinajstić information content (AvgIpc) is 2.85. The molecule has 0 aliphatic carbocycles. The molecular formula is C15H28N4O2. The molecule has 0 spiro atoms. The average molecular weight is 296 g/mol. The Bertz CT molecular complexity index is 423. The summed E-state index contributed by atoms with van der Waals surface area (Å²) < 4.78 is 5.25. The second-order valence-corrected chi connectivity index (χ2v) is 6.63. The van der Waals surface area contributed by atoms with E-state index >= 15 is 0 Å². The molecule has 120 valence electrons. The summed E-state index contributed by atoms with van der Waals surface area (Å²) in [6.45, 7) is 12.4. The molecule has 0 saturated carbocycles. The Morgan fingerprint density at radius 1 is 1.38 bits per heavy atom. The van der Waals surface area contributed by atoms with Gasteiger partial charge >= 0.3 is 6.09 Å². The molecule has 0 aliphatic rings. The molecule has 1 aromatic heterocycles. The van der Waals surface area contributed by atoms with Gasteiger partial charge in [0.25, 0.3) is 0 Å². The molecule has 0 fully saturated rings. The van der Waals surface area contributed by atoms with Crippen molar-refractivity contribution in [2.45, 2.75) is 59.2 Å². The van der Waals surface area contributed by atoms with Gasteiger partial charge < -0.3 is 15.4 Å². The largest absolute Gasteiger partial charge is 0.444 e. The molecule has 0 radical (unpaired) electrons. The van der Waals surface area contributed by atoms with Crippen LogP contribution < -0.4 is 10.6 Å². The lowest BCUT2D eigenvalue weighted by atomic mass is 10.0. The molecular weight excluding hydrogens is 268 g/mol. The van der Waals surface area contributed by atoms with E-state index in [2.05, 4.69) is 41.6 Å². The van der Waals surface area contributed by atoms with E-state index in [0.29, 0.717) is 12.5 Å². The Morgan fingerprint density at radius 2 is 2.05 bits per heavy atom. The SMILES string of the molecule is CC(NC(CNC(=O)OC(C)(C)C)C(C)C)c1ccn[nH]1. The van der Waals surface area contributed by atoms with Crippen molar-refractivity contribution in [1.29, 1.82) is 0 Å². The minimum Gasteiger partial charge on any atom is -0.444 e. The van der Waals surface area contributed by atoms with Gasteiger partial charge in [-0.15, -0.1) is 0 Å². The monoisotopic (exact) mass is 296 g/mol. The van der Waals surface area contributed by atoms with Gasteiger partial charge in [-0.25, -0.2) is 4.79 Å². The number of alkyl carbamates (subject to hydrolysis) is 1. The number of carbonyl (C=O) groups is 1. The predicted octanol–water partition coefficient (Wildman–Crippen LogP) is 2.61. The Kier molecular flexibility index (Phi) is 6.20. The van der Waals surface area contributed by atoms with Crippen LogP contribution in [0, 0.1) is 5.92 Å². The first-order chi connectivity index (χ1) is 9.69. The van der Waals surface area contributed by atoms with Crippen LogP contribution in [0.15, 0.2) is 12.3 Å². The molecule has 1 rings (SSSR count). The van der Waals surface area contributed by atoms with Gasteiger partial charge in [-0.3, -0.25) is 5.10 Å². The third-order valence-corrected chi connectivity index (χ3v) is 3.12. The van der Waals surface area contributed by atoms with Crippen LogP contribution in [-0.2, 0) is 4.74 Å². The van der Waals surface area contributed by atoms with Crippen molar-refractivity contribution in [2.75, 3.05) is 6.54 Å². The van der Waals surface area contributed by atoms with Gasteiger partial charge in [-0.1, -0.05) is 13.8 Å². The zero-order chi connectivity index (χ0) is 16.0. The Hall–Kier alpha value is -1.56. The number of nitrogens with one attached hydrogen (secondary N) is 3. The second kappa shape index (κ2) is 7.45. The van der Waals surface area contributed by atoms with Gasteiger partial charge in [-0.2, -0.15) is 5.10 Å². The van der Waals surface area contributed by atoms with Crippen molar-refractivity contribution < 1.29 is 9.53 Å². The van der Waals surface area contributed by atoms with Crippen molar-refractivity contribution >= 4 is 6.09 Å². The maximum atomic E-state index is 11.7. The van der Waals surface area contributed by atoms with Gasteiger partial charge in [0.15, 0.2) is 0 Å². The van der Waals surface area contributed by atoms with E-state index in [1.165, 1.54) is 0 Å². The lowest BCUT2D eigenvalue weighted by molar-refractivity contribution is 0.0518. The number of hydrogen-bond acceptors (Lipinski definition) is 4. The number of amides is 1. The number of rotatable bonds is 6. The van der Waals surface area contributed by atoms with Crippen LogP contribution in [0.25, 0.3) is 0 Å². The fourth-order valence-corrected chi connectivity index (χ4v) is 1.91. The fraction of sp³-hybridized carbons (Fsp3) is 0.733. The summed E-state index contributed by atoms with van der Waals surface area (Å²) in [6.07, 6.45) is 1.35. The Labute approximate surface area is 127 Å². The lowest BCUT2D eigenvalue weighted by Gasteiger charge is -2.27. The number of carbonyl (C=O) groups excluding carboxylic acids is 1. The van der Waals surface area contributed by atoms with Gasteiger partial charge in [0.2, 0.25) is 0 Å². The molecule has 1 aromatic rings. The summed E-state index contributed by atoms with van der Waals surface area (Å²) >= 11 is 0. The van der Waals surface area contributed by atoms with Crippen LogP contribution >= 0.6 is 0 Å². The summed E-state index contributed by atoms with van der Waals surface area (Å²) in [5.41, 5.74) is 0.548. The highest BCUT2D eigenvalue weighted by Crippen LogP contribution is 2.12. The molecule has 6 heteroatoms. The van der Waals surface area contributed by atoms with Gasteiger partial charge in [0, 0.05) is 24.8 Å². The van der Waals surface area contributed by atoms with Gasteiger partial charge in [-0.05, 0) is 39.7 Å². The van der Waals surface area contributed by atoms with Crippen LogP contribution in [0.2, 0.25) is 0 Å². The molecule has 0 saturated heterocycles. The summed E-state index contributed by atoms with van der Waals surface area (Å²) in [6, 6.07) is 2.23. The van der Waals surface area contributed by atoms with Crippen LogP contribution in [0.4, 0.5) is 4.79 Å². The number of ether oxygens (including phenoxy) is 1. The number of aromatic amines is 1. The molecule has 21 heavy (non-hydrogen) atoms. The summed E-state index contributed by atoms with van der Waals surface area (Å²) in [7, 11) is 0. The van der Waals surface area contributed by atoms with Crippen molar-refractivity contribution in [3.8, 4) is 0 Å². The standard InChI is InChI=1S/C15H28N4O2/c1-10(2)13(9-16-14(20)21-15(4,5)6)18-11(3)12-7-8-17-19-12/h7-8,10-11,13,18H,9H2,1-6H3,(H,16,20)(H,17,19). The second-order valence-electron chi connectivity index (χ2n) is 6.63. The van der Waals surface area contributed by atoms with E-state index in [0.717, 1.165) is 5.69 Å². The maximum absolute atomic E-state index is 11.7. The van der Waals surface area contributed by atoms with Crippen LogP contribution in [0.5, 0.6) is 0 Å². The van der Waals surface area contributed by atoms with Gasteiger partial charge in [0.1, 0.15) is 5.60 Å². The highest BCUT2D eigenvalue weighted by Gasteiger charge is 2.20. The van der Waals surface area contributed by atoms with Crippen LogP contribution in [-0.4, -0.2) is 34.5 Å². The molecule has 0 aliphatic heterocycles. The quantitative estimate of drug-likeness (QED) is 0.754. The topological polar surface area (TPSA) is 79.0 Å². The van der Waals surface area contributed by atoms with Crippen LogP contribution in [0.1, 0.15) is 53.3 Å². The normalized spacial score (nSPS) is 14.8. The molecule has 0 aromatic carbocycles. The van der Waals surface area contributed by atoms with Crippen LogP contribution in [0.3, 0.4) is 0 Å². The summed E-state index contributed by atoms with van der Waals surface area (Å²) in [4.78, 5) is 11.7. The first-order valence-corrected chi connectivity index (χ1v) is 7.41.